The molecule has 0 fully saturated rings. The minimum Gasteiger partial charge on any atom is -0.355 e. The van der Waals surface area contributed by atoms with Crippen LogP contribution in [0.4, 0.5) is 11.4 Å². The van der Waals surface area contributed by atoms with E-state index in [1.807, 2.05) is 30.3 Å². The average Bonchev–Trinajstić information content (AvgIpc) is 2.73. The van der Waals surface area contributed by atoms with E-state index < -0.39 is 0 Å². The summed E-state index contributed by atoms with van der Waals surface area (Å²) in [7, 11) is 1.80. The summed E-state index contributed by atoms with van der Waals surface area (Å²) in [6, 6.07) is 15.9. The standard InChI is InChI=1S/C22H24N4O/c1-3-17-4-6-19(7-5-17)25-20-10-14-24-21(16-20)22(27)26(2)15-11-18-8-12-23-13-9-18/h4-10,12-14,16H,3,11,15H2,1-2H3,(H,24,25). The monoisotopic (exact) mass is 360 g/mol. The molecule has 0 unspecified atom stereocenters. The van der Waals surface area contributed by atoms with E-state index >= 15 is 0 Å². The normalized spacial score (nSPS) is 10.4. The lowest BCUT2D eigenvalue weighted by molar-refractivity contribution is 0.0791. The molecule has 3 rings (SSSR count). The molecule has 1 amide bonds. The van der Waals surface area contributed by atoms with Crippen molar-refractivity contribution in [2.45, 2.75) is 19.8 Å². The lowest BCUT2D eigenvalue weighted by atomic mass is 10.1. The Morgan fingerprint density at radius 2 is 1.70 bits per heavy atom. The number of carbonyl (C=O) groups excluding carboxylic acids is 1. The number of aromatic nitrogens is 2. The van der Waals surface area contributed by atoms with E-state index in [-0.39, 0.29) is 5.91 Å². The number of nitrogens with one attached hydrogen (secondary N) is 1. The van der Waals surface area contributed by atoms with Crippen LogP contribution in [0, 0.1) is 0 Å². The molecule has 0 aliphatic rings. The van der Waals surface area contributed by atoms with Gasteiger partial charge in [0, 0.05) is 43.6 Å². The Kier molecular flexibility index (Phi) is 6.15. The highest BCUT2D eigenvalue weighted by Gasteiger charge is 2.13. The predicted octanol–water partition coefficient (Wildman–Crippen LogP) is 4.10. The number of pyridine rings is 2. The quantitative estimate of drug-likeness (QED) is 0.689. The van der Waals surface area contributed by atoms with Crippen molar-refractivity contribution in [1.82, 2.24) is 14.9 Å². The number of rotatable bonds is 7. The number of hydrogen-bond acceptors (Lipinski definition) is 4. The first-order valence-electron chi connectivity index (χ1n) is 9.12. The van der Waals surface area contributed by atoms with Gasteiger partial charge in [-0.15, -0.1) is 0 Å². The second-order valence-electron chi connectivity index (χ2n) is 6.44. The number of anilines is 2. The molecule has 1 aromatic carbocycles. The molecule has 0 saturated carbocycles. The fraction of sp³-hybridized carbons (Fsp3) is 0.227. The number of amides is 1. The van der Waals surface area contributed by atoms with Crippen molar-refractivity contribution in [3.63, 3.8) is 0 Å². The molecule has 0 aliphatic carbocycles. The van der Waals surface area contributed by atoms with Gasteiger partial charge in [0.05, 0.1) is 0 Å². The van der Waals surface area contributed by atoms with Gasteiger partial charge < -0.3 is 10.2 Å². The van der Waals surface area contributed by atoms with Gasteiger partial charge in [0.25, 0.3) is 5.91 Å². The van der Waals surface area contributed by atoms with E-state index in [4.69, 9.17) is 0 Å². The van der Waals surface area contributed by atoms with Crippen molar-refractivity contribution >= 4 is 17.3 Å². The highest BCUT2D eigenvalue weighted by molar-refractivity contribution is 5.93. The van der Waals surface area contributed by atoms with E-state index in [1.54, 1.807) is 36.6 Å². The first-order valence-corrected chi connectivity index (χ1v) is 9.12. The second kappa shape index (κ2) is 8.94. The Balaban J connectivity index is 1.63. The largest absolute Gasteiger partial charge is 0.355 e. The fourth-order valence-electron chi connectivity index (χ4n) is 2.76. The molecule has 0 spiro atoms. The summed E-state index contributed by atoms with van der Waals surface area (Å²) < 4.78 is 0. The molecule has 0 saturated heterocycles. The molecule has 0 bridgehead atoms. The number of benzene rings is 1. The maximum atomic E-state index is 12.7. The lowest BCUT2D eigenvalue weighted by Gasteiger charge is -2.17. The van der Waals surface area contributed by atoms with Crippen LogP contribution < -0.4 is 5.32 Å². The summed E-state index contributed by atoms with van der Waals surface area (Å²) in [5.41, 5.74) is 4.72. The van der Waals surface area contributed by atoms with Crippen LogP contribution in [0.3, 0.4) is 0 Å². The van der Waals surface area contributed by atoms with Crippen molar-refractivity contribution in [2.24, 2.45) is 0 Å². The predicted molar refractivity (Wildman–Crippen MR) is 108 cm³/mol. The molecule has 2 aromatic heterocycles. The number of aryl methyl sites for hydroxylation is 1. The topological polar surface area (TPSA) is 58.1 Å². The number of likely N-dealkylation sites (N-methyl/N-ethyl adjacent to an activating group) is 1. The molecule has 5 nitrogen and oxygen atoms in total. The zero-order valence-corrected chi connectivity index (χ0v) is 15.7. The molecular formula is C22H24N4O. The molecule has 5 heteroatoms. The maximum Gasteiger partial charge on any atom is 0.272 e. The summed E-state index contributed by atoms with van der Waals surface area (Å²) in [5.74, 6) is -0.0889. The first-order chi connectivity index (χ1) is 13.2. The highest BCUT2D eigenvalue weighted by Crippen LogP contribution is 2.18. The Labute approximate surface area is 160 Å². The molecule has 0 aliphatic heterocycles. The zero-order chi connectivity index (χ0) is 19.1. The second-order valence-corrected chi connectivity index (χ2v) is 6.44. The molecular weight excluding hydrogens is 336 g/mol. The summed E-state index contributed by atoms with van der Waals surface area (Å²) in [6.45, 7) is 2.76. The zero-order valence-electron chi connectivity index (χ0n) is 15.7. The van der Waals surface area contributed by atoms with E-state index in [1.165, 1.54) is 5.56 Å². The summed E-state index contributed by atoms with van der Waals surface area (Å²) in [4.78, 5) is 22.6. The SMILES string of the molecule is CCc1ccc(Nc2ccnc(C(=O)N(C)CCc3ccncc3)c2)cc1. The van der Waals surface area contributed by atoms with Crippen LogP contribution >= 0.6 is 0 Å². The number of hydrogen-bond donors (Lipinski definition) is 1. The molecule has 2 heterocycles. The molecule has 1 N–H and O–H groups in total. The molecule has 27 heavy (non-hydrogen) atoms. The van der Waals surface area contributed by atoms with Crippen molar-refractivity contribution in [1.29, 1.82) is 0 Å². The van der Waals surface area contributed by atoms with Crippen LogP contribution in [0.2, 0.25) is 0 Å². The van der Waals surface area contributed by atoms with Gasteiger partial charge in [-0.25, -0.2) is 0 Å². The van der Waals surface area contributed by atoms with Gasteiger partial charge in [0.1, 0.15) is 5.69 Å². The van der Waals surface area contributed by atoms with Gasteiger partial charge in [-0.05, 0) is 60.4 Å². The van der Waals surface area contributed by atoms with Crippen molar-refractivity contribution in [3.8, 4) is 0 Å². The van der Waals surface area contributed by atoms with Crippen molar-refractivity contribution < 1.29 is 4.79 Å². The van der Waals surface area contributed by atoms with Crippen LogP contribution in [-0.2, 0) is 12.8 Å². The van der Waals surface area contributed by atoms with E-state index in [0.29, 0.717) is 12.2 Å². The number of nitrogens with zero attached hydrogens (tertiary/aromatic N) is 3. The van der Waals surface area contributed by atoms with Crippen LogP contribution in [-0.4, -0.2) is 34.4 Å². The number of carbonyl (C=O) groups is 1. The van der Waals surface area contributed by atoms with Crippen molar-refractivity contribution in [3.05, 3.63) is 83.9 Å². The lowest BCUT2D eigenvalue weighted by Crippen LogP contribution is -2.29. The Morgan fingerprint density at radius 3 is 2.41 bits per heavy atom. The minimum atomic E-state index is -0.0889. The van der Waals surface area contributed by atoms with Crippen LogP contribution in [0.1, 0.15) is 28.5 Å². The third-order valence-electron chi connectivity index (χ3n) is 4.46. The third-order valence-corrected chi connectivity index (χ3v) is 4.46. The van der Waals surface area contributed by atoms with Gasteiger partial charge in [-0.2, -0.15) is 0 Å². The third kappa shape index (κ3) is 5.14. The van der Waals surface area contributed by atoms with Gasteiger partial charge in [-0.3, -0.25) is 14.8 Å². The molecule has 0 atom stereocenters. The van der Waals surface area contributed by atoms with Crippen LogP contribution in [0.25, 0.3) is 0 Å². The molecule has 3 aromatic rings. The minimum absolute atomic E-state index is 0.0889. The maximum absolute atomic E-state index is 12.7. The fourth-order valence-corrected chi connectivity index (χ4v) is 2.76. The summed E-state index contributed by atoms with van der Waals surface area (Å²) in [5, 5.41) is 3.33. The van der Waals surface area contributed by atoms with Gasteiger partial charge >= 0.3 is 0 Å². The van der Waals surface area contributed by atoms with E-state index in [2.05, 4.69) is 34.3 Å². The van der Waals surface area contributed by atoms with Crippen LogP contribution in [0.15, 0.2) is 67.1 Å². The van der Waals surface area contributed by atoms with Crippen LogP contribution in [0.5, 0.6) is 0 Å². The molecule has 138 valence electrons. The van der Waals surface area contributed by atoms with E-state index in [9.17, 15) is 4.79 Å². The van der Waals surface area contributed by atoms with Gasteiger partial charge in [0.2, 0.25) is 0 Å². The first kappa shape index (κ1) is 18.6. The average molecular weight is 360 g/mol. The molecule has 0 radical (unpaired) electrons. The van der Waals surface area contributed by atoms with E-state index in [0.717, 1.165) is 29.8 Å². The van der Waals surface area contributed by atoms with Crippen molar-refractivity contribution in [2.75, 3.05) is 18.9 Å². The summed E-state index contributed by atoms with van der Waals surface area (Å²) >= 11 is 0. The highest BCUT2D eigenvalue weighted by atomic mass is 16.2. The Bertz CT molecular complexity index is 878. The Morgan fingerprint density at radius 1 is 0.963 bits per heavy atom. The summed E-state index contributed by atoms with van der Waals surface area (Å²) in [6.07, 6.45) is 6.99. The Hall–Kier alpha value is -3.21. The van der Waals surface area contributed by atoms with Gasteiger partial charge in [0.15, 0.2) is 0 Å². The smallest absolute Gasteiger partial charge is 0.272 e. The van der Waals surface area contributed by atoms with Gasteiger partial charge in [-0.1, -0.05) is 19.1 Å².